The van der Waals surface area contributed by atoms with E-state index in [4.69, 9.17) is 20.7 Å². The lowest BCUT2D eigenvalue weighted by molar-refractivity contribution is -0.168. The van der Waals surface area contributed by atoms with E-state index in [0.717, 1.165) is 30.0 Å². The lowest BCUT2D eigenvalue weighted by atomic mass is 10.1. The van der Waals surface area contributed by atoms with Crippen molar-refractivity contribution < 1.29 is 23.8 Å². The van der Waals surface area contributed by atoms with Crippen LogP contribution in [-0.4, -0.2) is 45.2 Å². The van der Waals surface area contributed by atoms with Crippen molar-refractivity contribution in [1.82, 2.24) is 9.55 Å². The molecule has 184 valence electrons. The van der Waals surface area contributed by atoms with Crippen molar-refractivity contribution in [3.63, 3.8) is 0 Å². The van der Waals surface area contributed by atoms with E-state index in [-0.39, 0.29) is 12.2 Å². The van der Waals surface area contributed by atoms with Crippen molar-refractivity contribution in [1.29, 1.82) is 0 Å². The molecule has 0 aromatic carbocycles. The van der Waals surface area contributed by atoms with Crippen LogP contribution in [0.15, 0.2) is 22.2 Å². The molecule has 4 atom stereocenters. The van der Waals surface area contributed by atoms with Crippen molar-refractivity contribution in [2.45, 2.75) is 95.4 Å². The highest BCUT2D eigenvalue weighted by Gasteiger charge is 2.59. The number of carbonyl (C=O) groups is 1. The van der Waals surface area contributed by atoms with Gasteiger partial charge in [-0.25, -0.2) is 9.18 Å². The number of halogens is 1. The minimum atomic E-state index is -2.21. The Balaban J connectivity index is 1.96. The molecule has 11 nitrogen and oxygen atoms in total. The Hall–Kier alpha value is -2.69. The second-order valence-corrected chi connectivity index (χ2v) is 8.18. The second-order valence-electron chi connectivity index (χ2n) is 8.18. The summed E-state index contributed by atoms with van der Waals surface area (Å²) in [5.74, 6) is -0.777. The van der Waals surface area contributed by atoms with Crippen molar-refractivity contribution in [2.24, 2.45) is 5.11 Å². The standard InChI is InChI=1S/C21H33FN6O5/c1-2-3-4-5-6-7-8-9-10-11-16(30)32-18-17(22)19(33-21(18,14-29)26-27-24)28-13-12-15(23)25-20(28)31/h12-13,17-19,29H,2-11,14H2,1H3,(H2,23,25,31)/t17-,18+,19-,21-/m1/s1. The number of azide groups is 1. The van der Waals surface area contributed by atoms with Crippen LogP contribution >= 0.6 is 0 Å². The topological polar surface area (TPSA) is 165 Å². The van der Waals surface area contributed by atoms with E-state index in [2.05, 4.69) is 21.9 Å². The van der Waals surface area contributed by atoms with Crippen LogP contribution in [0.25, 0.3) is 10.4 Å². The fraction of sp³-hybridized carbons (Fsp3) is 0.762. The number of alkyl halides is 1. The normalized spacial score (nSPS) is 24.4. The van der Waals surface area contributed by atoms with Crippen molar-refractivity contribution in [2.75, 3.05) is 12.3 Å². The van der Waals surface area contributed by atoms with Gasteiger partial charge >= 0.3 is 11.7 Å². The van der Waals surface area contributed by atoms with Crippen LogP contribution < -0.4 is 11.4 Å². The number of nitrogens with zero attached hydrogens (tertiary/aromatic N) is 5. The second kappa shape index (κ2) is 13.1. The quantitative estimate of drug-likeness (QED) is 0.138. The maximum atomic E-state index is 15.3. The number of ether oxygens (including phenoxy) is 2. The van der Waals surface area contributed by atoms with Gasteiger partial charge in [-0.3, -0.25) is 9.36 Å². The first-order valence-electron chi connectivity index (χ1n) is 11.4. The number of esters is 1. The van der Waals surface area contributed by atoms with Gasteiger partial charge in [0.25, 0.3) is 0 Å². The number of aliphatic hydroxyl groups is 1. The molecule has 0 radical (unpaired) electrons. The van der Waals surface area contributed by atoms with Crippen molar-refractivity contribution in [3.8, 4) is 0 Å². The number of aliphatic hydroxyl groups excluding tert-OH is 1. The van der Waals surface area contributed by atoms with E-state index < -0.39 is 42.5 Å². The highest BCUT2D eigenvalue weighted by atomic mass is 19.1. The minimum Gasteiger partial charge on any atom is -0.456 e. The Morgan fingerprint density at radius 1 is 1.33 bits per heavy atom. The fourth-order valence-electron chi connectivity index (χ4n) is 3.82. The van der Waals surface area contributed by atoms with Gasteiger partial charge in [0.1, 0.15) is 5.82 Å². The molecule has 1 aliphatic heterocycles. The molecule has 0 unspecified atom stereocenters. The number of unbranched alkanes of at least 4 members (excludes halogenated alkanes) is 8. The number of aromatic nitrogens is 2. The summed E-state index contributed by atoms with van der Waals surface area (Å²) in [6.45, 7) is 1.22. The Bertz CT molecular complexity index is 877. The molecule has 2 rings (SSSR count). The molecular formula is C21H33FN6O5. The first-order valence-corrected chi connectivity index (χ1v) is 11.4. The molecule has 2 heterocycles. The van der Waals surface area contributed by atoms with Gasteiger partial charge in [-0.15, -0.1) is 0 Å². The number of nitrogens with two attached hydrogens (primary N) is 1. The molecule has 0 bridgehead atoms. The van der Waals surface area contributed by atoms with Gasteiger partial charge in [0.2, 0.25) is 5.72 Å². The third kappa shape index (κ3) is 7.15. The number of rotatable bonds is 14. The molecule has 0 aliphatic carbocycles. The molecular weight excluding hydrogens is 435 g/mol. The van der Waals surface area contributed by atoms with Crippen LogP contribution in [0, 0.1) is 0 Å². The summed E-state index contributed by atoms with van der Waals surface area (Å²) in [5.41, 5.74) is 11.2. The molecule has 0 amide bonds. The number of hydrogen-bond acceptors (Lipinski definition) is 8. The fourth-order valence-corrected chi connectivity index (χ4v) is 3.82. The van der Waals surface area contributed by atoms with Crippen LogP contribution in [0.5, 0.6) is 0 Å². The van der Waals surface area contributed by atoms with Crippen molar-refractivity contribution in [3.05, 3.63) is 33.2 Å². The third-order valence-corrected chi connectivity index (χ3v) is 5.64. The lowest BCUT2D eigenvalue weighted by Gasteiger charge is -2.27. The molecule has 1 saturated heterocycles. The zero-order valence-corrected chi connectivity index (χ0v) is 18.9. The summed E-state index contributed by atoms with van der Waals surface area (Å²) in [6.07, 6.45) is 5.31. The van der Waals surface area contributed by atoms with Gasteiger partial charge in [0, 0.05) is 17.5 Å². The Kier molecular flexibility index (Phi) is 10.6. The van der Waals surface area contributed by atoms with E-state index in [9.17, 15) is 14.7 Å². The highest BCUT2D eigenvalue weighted by molar-refractivity contribution is 5.69. The molecule has 1 aliphatic rings. The van der Waals surface area contributed by atoms with Gasteiger partial charge in [-0.1, -0.05) is 63.4 Å². The summed E-state index contributed by atoms with van der Waals surface area (Å²) >= 11 is 0. The number of anilines is 1. The van der Waals surface area contributed by atoms with E-state index in [1.807, 2.05) is 0 Å². The molecule has 12 heteroatoms. The Morgan fingerprint density at radius 3 is 2.55 bits per heavy atom. The monoisotopic (exact) mass is 468 g/mol. The maximum absolute atomic E-state index is 15.3. The Labute approximate surface area is 191 Å². The first kappa shape index (κ1) is 26.6. The summed E-state index contributed by atoms with van der Waals surface area (Å²) in [5, 5.41) is 13.2. The van der Waals surface area contributed by atoms with Crippen LogP contribution in [0.1, 0.15) is 77.4 Å². The zero-order valence-electron chi connectivity index (χ0n) is 18.9. The molecule has 1 aromatic rings. The number of nitrogen functional groups attached to an aromatic ring is 1. The van der Waals surface area contributed by atoms with E-state index in [1.165, 1.54) is 38.2 Å². The molecule has 3 N–H and O–H groups in total. The molecule has 1 aromatic heterocycles. The van der Waals surface area contributed by atoms with Crippen LogP contribution in [-0.2, 0) is 14.3 Å². The van der Waals surface area contributed by atoms with Gasteiger partial charge in [0.05, 0.1) is 6.61 Å². The van der Waals surface area contributed by atoms with Crippen LogP contribution in [0.4, 0.5) is 10.2 Å². The van der Waals surface area contributed by atoms with Gasteiger partial charge in [0.15, 0.2) is 18.5 Å². The SMILES string of the molecule is CCCCCCCCCCCC(=O)O[C@H]1[C@@H](F)[C@H](n2ccc(N)nc2=O)O[C@@]1(CO)N=[N+]=[N-]. The zero-order chi connectivity index (χ0) is 24.3. The number of hydrogen-bond donors (Lipinski definition) is 2. The van der Waals surface area contributed by atoms with E-state index >= 15 is 4.39 Å². The van der Waals surface area contributed by atoms with Crippen LogP contribution in [0.3, 0.4) is 0 Å². The van der Waals surface area contributed by atoms with Crippen molar-refractivity contribution >= 4 is 11.8 Å². The first-order chi connectivity index (χ1) is 15.9. The predicted molar refractivity (Wildman–Crippen MR) is 119 cm³/mol. The van der Waals surface area contributed by atoms with Gasteiger partial charge in [-0.2, -0.15) is 4.98 Å². The molecule has 0 saturated carbocycles. The minimum absolute atomic E-state index is 0.0465. The maximum Gasteiger partial charge on any atom is 0.351 e. The molecule has 1 fully saturated rings. The summed E-state index contributed by atoms with van der Waals surface area (Å²) in [4.78, 5) is 30.6. The summed E-state index contributed by atoms with van der Waals surface area (Å²) < 4.78 is 26.8. The molecule has 33 heavy (non-hydrogen) atoms. The summed E-state index contributed by atoms with van der Waals surface area (Å²) in [6, 6.07) is 1.26. The summed E-state index contributed by atoms with van der Waals surface area (Å²) in [7, 11) is 0. The van der Waals surface area contributed by atoms with E-state index in [1.54, 1.807) is 0 Å². The molecule has 0 spiro atoms. The smallest absolute Gasteiger partial charge is 0.351 e. The largest absolute Gasteiger partial charge is 0.456 e. The number of carbonyl (C=O) groups excluding carboxylic acids is 1. The predicted octanol–water partition coefficient (Wildman–Crippen LogP) is 3.52. The highest BCUT2D eigenvalue weighted by Crippen LogP contribution is 2.41. The average Bonchev–Trinajstić information content (AvgIpc) is 3.05. The van der Waals surface area contributed by atoms with Crippen LogP contribution in [0.2, 0.25) is 0 Å². The Morgan fingerprint density at radius 2 is 1.97 bits per heavy atom. The lowest BCUT2D eigenvalue weighted by Crippen LogP contribution is -2.46. The van der Waals surface area contributed by atoms with E-state index in [0.29, 0.717) is 6.42 Å². The third-order valence-electron chi connectivity index (χ3n) is 5.64. The van der Waals surface area contributed by atoms with Gasteiger partial charge < -0.3 is 20.3 Å². The average molecular weight is 469 g/mol. The van der Waals surface area contributed by atoms with Gasteiger partial charge in [-0.05, 0) is 18.0 Å².